The normalized spacial score (nSPS) is 10.6. The topological polar surface area (TPSA) is 87.9 Å². The van der Waals surface area contributed by atoms with Crippen molar-refractivity contribution in [2.24, 2.45) is 0 Å². The van der Waals surface area contributed by atoms with E-state index in [2.05, 4.69) is 0 Å². The number of nitrogens with zero attached hydrogens (tertiary/aromatic N) is 1. The molecule has 0 atom stereocenters. The van der Waals surface area contributed by atoms with Gasteiger partial charge in [0.1, 0.15) is 12.4 Å². The van der Waals surface area contributed by atoms with Crippen LogP contribution in [0.25, 0.3) is 6.08 Å². The molecule has 0 fully saturated rings. The molecule has 0 radical (unpaired) electrons. The molecule has 158 valence electrons. The number of benzene rings is 3. The number of carbonyl (C=O) groups is 1. The van der Waals surface area contributed by atoms with E-state index in [1.807, 2.05) is 37.3 Å². The minimum Gasteiger partial charge on any atom is -0.490 e. The predicted octanol–water partition coefficient (Wildman–Crippen LogP) is 5.19. The third kappa shape index (κ3) is 6.43. The number of nitro benzene ring substituents is 1. The van der Waals surface area contributed by atoms with Crippen LogP contribution in [0.4, 0.5) is 5.69 Å². The molecule has 31 heavy (non-hydrogen) atoms. The smallest absolute Gasteiger partial charge is 0.336 e. The zero-order valence-corrected chi connectivity index (χ0v) is 16.9. The molecule has 0 bridgehead atoms. The molecular formula is C24H21NO6. The van der Waals surface area contributed by atoms with E-state index in [1.165, 1.54) is 30.3 Å². The van der Waals surface area contributed by atoms with Gasteiger partial charge in [0.25, 0.3) is 5.69 Å². The van der Waals surface area contributed by atoms with E-state index < -0.39 is 10.9 Å². The molecule has 0 spiro atoms. The maximum atomic E-state index is 12.0. The summed E-state index contributed by atoms with van der Waals surface area (Å²) in [4.78, 5) is 22.2. The van der Waals surface area contributed by atoms with Crippen LogP contribution in [0, 0.1) is 10.1 Å². The van der Waals surface area contributed by atoms with Crippen LogP contribution >= 0.6 is 0 Å². The Bertz CT molecular complexity index is 1060. The number of nitro groups is 1. The van der Waals surface area contributed by atoms with E-state index in [1.54, 1.807) is 24.3 Å². The fourth-order valence-electron chi connectivity index (χ4n) is 2.70. The van der Waals surface area contributed by atoms with Crippen LogP contribution in [0.15, 0.2) is 78.9 Å². The first-order chi connectivity index (χ1) is 15.0. The summed E-state index contributed by atoms with van der Waals surface area (Å²) in [5, 5.41) is 10.7. The lowest BCUT2D eigenvalue weighted by atomic mass is 10.2. The molecule has 7 nitrogen and oxygen atoms in total. The molecular weight excluding hydrogens is 398 g/mol. The number of hydrogen-bond donors (Lipinski definition) is 0. The zero-order chi connectivity index (χ0) is 22.1. The van der Waals surface area contributed by atoms with Gasteiger partial charge in [-0.2, -0.15) is 0 Å². The molecule has 0 unspecified atom stereocenters. The first-order valence-corrected chi connectivity index (χ1v) is 9.63. The van der Waals surface area contributed by atoms with Crippen LogP contribution in [0.3, 0.4) is 0 Å². The maximum Gasteiger partial charge on any atom is 0.336 e. The summed E-state index contributed by atoms with van der Waals surface area (Å²) in [5.41, 5.74) is 1.70. The SMILES string of the molecule is CCOc1cc(/C=C/C(=O)Oc2ccc([N+](=O)[O-])cc2)ccc1OCc1ccccc1. The summed E-state index contributed by atoms with van der Waals surface area (Å²) in [6.07, 6.45) is 2.87. The summed E-state index contributed by atoms with van der Waals surface area (Å²) in [6.45, 7) is 2.76. The van der Waals surface area contributed by atoms with E-state index in [4.69, 9.17) is 14.2 Å². The van der Waals surface area contributed by atoms with Crippen molar-refractivity contribution < 1.29 is 23.9 Å². The van der Waals surface area contributed by atoms with Crippen LogP contribution in [0.5, 0.6) is 17.2 Å². The summed E-state index contributed by atoms with van der Waals surface area (Å²) in [7, 11) is 0. The molecule has 0 saturated carbocycles. The zero-order valence-electron chi connectivity index (χ0n) is 16.9. The molecule has 0 aliphatic carbocycles. The molecule has 0 saturated heterocycles. The fourth-order valence-corrected chi connectivity index (χ4v) is 2.70. The quantitative estimate of drug-likeness (QED) is 0.156. The van der Waals surface area contributed by atoms with Crippen molar-refractivity contribution in [3.05, 3.63) is 100 Å². The monoisotopic (exact) mass is 419 g/mol. The Morgan fingerprint density at radius 3 is 2.39 bits per heavy atom. The predicted molar refractivity (Wildman–Crippen MR) is 116 cm³/mol. The van der Waals surface area contributed by atoms with Gasteiger partial charge in [0.15, 0.2) is 11.5 Å². The van der Waals surface area contributed by atoms with E-state index in [9.17, 15) is 14.9 Å². The highest BCUT2D eigenvalue weighted by Crippen LogP contribution is 2.30. The molecule has 0 aromatic heterocycles. The number of rotatable bonds is 9. The van der Waals surface area contributed by atoms with E-state index in [0.717, 1.165) is 11.1 Å². The summed E-state index contributed by atoms with van der Waals surface area (Å²) in [5.74, 6) is 0.803. The van der Waals surface area contributed by atoms with Gasteiger partial charge in [0.05, 0.1) is 11.5 Å². The highest BCUT2D eigenvalue weighted by atomic mass is 16.6. The Morgan fingerprint density at radius 1 is 0.968 bits per heavy atom. The van der Waals surface area contributed by atoms with Crippen molar-refractivity contribution in [1.82, 2.24) is 0 Å². The average Bonchev–Trinajstić information content (AvgIpc) is 2.78. The summed E-state index contributed by atoms with van der Waals surface area (Å²) in [6, 6.07) is 20.5. The maximum absolute atomic E-state index is 12.0. The molecule has 3 rings (SSSR count). The van der Waals surface area contributed by atoms with Gasteiger partial charge in [-0.3, -0.25) is 10.1 Å². The lowest BCUT2D eigenvalue weighted by molar-refractivity contribution is -0.384. The number of esters is 1. The van der Waals surface area contributed by atoms with Crippen molar-refractivity contribution >= 4 is 17.7 Å². The largest absolute Gasteiger partial charge is 0.490 e. The van der Waals surface area contributed by atoms with Crippen LogP contribution in [0.2, 0.25) is 0 Å². The van der Waals surface area contributed by atoms with Gasteiger partial charge < -0.3 is 14.2 Å². The molecule has 0 heterocycles. The number of non-ortho nitro benzene ring substituents is 1. The van der Waals surface area contributed by atoms with Gasteiger partial charge >= 0.3 is 5.97 Å². The van der Waals surface area contributed by atoms with E-state index in [-0.39, 0.29) is 11.4 Å². The van der Waals surface area contributed by atoms with Crippen molar-refractivity contribution in [3.8, 4) is 17.2 Å². The van der Waals surface area contributed by atoms with Gasteiger partial charge in [-0.15, -0.1) is 0 Å². The molecule has 3 aromatic rings. The van der Waals surface area contributed by atoms with Gasteiger partial charge in [-0.25, -0.2) is 4.79 Å². The average molecular weight is 419 g/mol. The lowest BCUT2D eigenvalue weighted by Crippen LogP contribution is -2.03. The first kappa shape index (κ1) is 21.6. The van der Waals surface area contributed by atoms with Crippen LogP contribution in [0.1, 0.15) is 18.1 Å². The molecule has 3 aromatic carbocycles. The Hall–Kier alpha value is -4.13. The minimum absolute atomic E-state index is 0.0756. The van der Waals surface area contributed by atoms with Crippen LogP contribution in [-0.4, -0.2) is 17.5 Å². The third-order valence-corrected chi connectivity index (χ3v) is 4.18. The first-order valence-electron chi connectivity index (χ1n) is 9.63. The van der Waals surface area contributed by atoms with Gasteiger partial charge in [-0.05, 0) is 48.4 Å². The van der Waals surface area contributed by atoms with Crippen LogP contribution < -0.4 is 14.2 Å². The van der Waals surface area contributed by atoms with Crippen molar-refractivity contribution in [3.63, 3.8) is 0 Å². The summed E-state index contributed by atoms with van der Waals surface area (Å²) >= 11 is 0. The number of hydrogen-bond acceptors (Lipinski definition) is 6. The Balaban J connectivity index is 1.64. The Morgan fingerprint density at radius 2 is 1.71 bits per heavy atom. The standard InChI is InChI=1S/C24H21NO6/c1-2-29-23-16-18(8-14-22(23)30-17-19-6-4-3-5-7-19)9-15-24(26)31-21-12-10-20(11-13-21)25(27)28/h3-16H,2,17H2,1H3/b15-9+. The second-order valence-corrected chi connectivity index (χ2v) is 6.42. The second-order valence-electron chi connectivity index (χ2n) is 6.42. The van der Waals surface area contributed by atoms with Gasteiger partial charge in [0.2, 0.25) is 0 Å². The van der Waals surface area contributed by atoms with Gasteiger partial charge in [-0.1, -0.05) is 36.4 Å². The Kier molecular flexibility index (Phi) is 7.37. The second kappa shape index (κ2) is 10.6. The molecule has 0 aliphatic rings. The van der Waals surface area contributed by atoms with E-state index in [0.29, 0.717) is 24.7 Å². The van der Waals surface area contributed by atoms with Gasteiger partial charge in [0, 0.05) is 18.2 Å². The van der Waals surface area contributed by atoms with Crippen molar-refractivity contribution in [2.45, 2.75) is 13.5 Å². The molecule has 7 heteroatoms. The number of ether oxygens (including phenoxy) is 3. The number of carbonyl (C=O) groups excluding carboxylic acids is 1. The van der Waals surface area contributed by atoms with E-state index >= 15 is 0 Å². The molecule has 0 N–H and O–H groups in total. The fraction of sp³-hybridized carbons (Fsp3) is 0.125. The summed E-state index contributed by atoms with van der Waals surface area (Å²) < 4.78 is 16.7. The van der Waals surface area contributed by atoms with Crippen molar-refractivity contribution in [2.75, 3.05) is 6.61 Å². The minimum atomic E-state index is -0.601. The highest BCUT2D eigenvalue weighted by Gasteiger charge is 2.08. The lowest BCUT2D eigenvalue weighted by Gasteiger charge is -2.12. The molecule has 0 aliphatic heterocycles. The van der Waals surface area contributed by atoms with Crippen LogP contribution in [-0.2, 0) is 11.4 Å². The Labute approximate surface area is 179 Å². The third-order valence-electron chi connectivity index (χ3n) is 4.18. The molecule has 0 amide bonds. The highest BCUT2D eigenvalue weighted by molar-refractivity contribution is 5.88. The van der Waals surface area contributed by atoms with Crippen molar-refractivity contribution in [1.29, 1.82) is 0 Å².